The normalized spacial score (nSPS) is 19.6. The number of nitrogens with zero attached hydrogens (tertiary/aromatic N) is 1. The minimum Gasteiger partial charge on any atom is -0.504 e. The fourth-order valence-corrected chi connectivity index (χ4v) is 14.8. The number of imide groups is 1. The number of benzene rings is 3. The highest BCUT2D eigenvalue weighted by molar-refractivity contribution is 14.1. The van der Waals surface area contributed by atoms with E-state index >= 15 is 0 Å². The largest absolute Gasteiger partial charge is 0.504 e. The van der Waals surface area contributed by atoms with E-state index in [1.54, 1.807) is 6.07 Å². The number of thiophene rings is 1. The molecule has 0 saturated carbocycles. The maximum atomic E-state index is 14.2. The number of aliphatic hydroxyl groups excluding tert-OH is 2. The fraction of sp³-hybridized carbons (Fsp3) is 0.391. The SMILES string of the molecule is CCC/C(=C\c1cc(I)c(O)c(OC)c1)CC[C@@H](O)C1=C(CO[Si](c2ccccc2)(c2ccccc2)C(C)(C)C)C[C@H]2C(=O)N(Cc3cccs3)C(=O)[C@H]2[C@H]1CO. The van der Waals surface area contributed by atoms with Crippen LogP contribution in [0.2, 0.25) is 5.04 Å². The van der Waals surface area contributed by atoms with Gasteiger partial charge in [0.25, 0.3) is 8.32 Å². The van der Waals surface area contributed by atoms with E-state index in [0.717, 1.165) is 44.8 Å². The second-order valence-electron chi connectivity index (χ2n) is 16.1. The molecule has 1 fully saturated rings. The molecule has 2 aliphatic rings. The van der Waals surface area contributed by atoms with Crippen LogP contribution >= 0.6 is 33.9 Å². The maximum absolute atomic E-state index is 14.2. The molecule has 3 N–H and O–H groups in total. The lowest BCUT2D eigenvalue weighted by Crippen LogP contribution is -2.66. The molecule has 0 unspecified atom stereocenters. The highest BCUT2D eigenvalue weighted by atomic mass is 127. The number of methoxy groups -OCH3 is 1. The van der Waals surface area contributed by atoms with Crippen LogP contribution in [0.5, 0.6) is 11.5 Å². The molecular formula is C46H54INO7SSi. The summed E-state index contributed by atoms with van der Waals surface area (Å²) in [6, 6.07) is 28.2. The van der Waals surface area contributed by atoms with Gasteiger partial charge < -0.3 is 24.5 Å². The van der Waals surface area contributed by atoms with Crippen LogP contribution in [0.25, 0.3) is 6.08 Å². The van der Waals surface area contributed by atoms with E-state index in [1.165, 1.54) is 23.3 Å². The summed E-state index contributed by atoms with van der Waals surface area (Å²) in [6.07, 6.45) is 3.97. The lowest BCUT2D eigenvalue weighted by molar-refractivity contribution is -0.140. The highest BCUT2D eigenvalue weighted by Crippen LogP contribution is 2.48. The van der Waals surface area contributed by atoms with Crippen molar-refractivity contribution in [2.75, 3.05) is 20.3 Å². The van der Waals surface area contributed by atoms with E-state index in [0.29, 0.717) is 27.7 Å². The Morgan fingerprint density at radius 3 is 2.23 bits per heavy atom. The van der Waals surface area contributed by atoms with Crippen LogP contribution in [-0.4, -0.2) is 66.8 Å². The Morgan fingerprint density at radius 2 is 1.67 bits per heavy atom. The molecule has 0 spiro atoms. The molecule has 1 aromatic heterocycles. The Hall–Kier alpha value is -3.59. The summed E-state index contributed by atoms with van der Waals surface area (Å²) < 4.78 is 13.5. The topological polar surface area (TPSA) is 117 Å². The lowest BCUT2D eigenvalue weighted by atomic mass is 9.68. The standard InChI is InChI=1S/C46H54INO7SSi/c1-6-14-30(23-31-24-38(47)43(51)40(25-31)54-5)20-21-39(50)41-32(26-36-42(37(41)28-49)45(53)48(44(36)52)27-33-15-13-22-56-33)29-55-57(46(2,3)4,34-16-9-7-10-17-34)35-18-11-8-12-19-35/h7-13,15-19,22-25,36-37,39,42,49-51H,6,14,20-21,26-29H2,1-5H3/b30-23+/t36-,37+,39-,42-/m1/s1. The number of rotatable bonds is 16. The molecule has 2 heterocycles. The summed E-state index contributed by atoms with van der Waals surface area (Å²) in [5.41, 5.74) is 3.41. The van der Waals surface area contributed by atoms with Crippen molar-refractivity contribution in [2.45, 2.75) is 77.5 Å². The van der Waals surface area contributed by atoms with Crippen LogP contribution in [-0.2, 0) is 20.6 Å². The van der Waals surface area contributed by atoms with Gasteiger partial charge >= 0.3 is 0 Å². The predicted molar refractivity (Wildman–Crippen MR) is 238 cm³/mol. The molecule has 4 atom stereocenters. The number of aliphatic hydroxyl groups is 2. The van der Waals surface area contributed by atoms with Gasteiger partial charge in [-0.3, -0.25) is 14.5 Å². The van der Waals surface area contributed by atoms with Gasteiger partial charge in [-0.25, -0.2) is 0 Å². The second-order valence-corrected chi connectivity index (χ2v) is 22.6. The first-order valence-corrected chi connectivity index (χ1v) is 23.6. The zero-order chi connectivity index (χ0) is 40.9. The Kier molecular flexibility index (Phi) is 14.0. The molecule has 0 bridgehead atoms. The molecule has 3 aromatic carbocycles. The van der Waals surface area contributed by atoms with Crippen LogP contribution in [0.3, 0.4) is 0 Å². The summed E-state index contributed by atoms with van der Waals surface area (Å²) in [4.78, 5) is 30.7. The van der Waals surface area contributed by atoms with Crippen molar-refractivity contribution in [1.82, 2.24) is 4.90 Å². The number of hydrogen-bond acceptors (Lipinski definition) is 8. The van der Waals surface area contributed by atoms with E-state index in [2.05, 4.69) is 80.6 Å². The Labute approximate surface area is 355 Å². The number of carbonyl (C=O) groups is 2. The van der Waals surface area contributed by atoms with Gasteiger partial charge in [0.1, 0.15) is 0 Å². The summed E-state index contributed by atoms with van der Waals surface area (Å²) in [7, 11) is -1.51. The summed E-state index contributed by atoms with van der Waals surface area (Å²) in [5.74, 6) is -2.22. The minimum absolute atomic E-state index is 0.0991. The predicted octanol–water partition coefficient (Wildman–Crippen LogP) is 8.08. The fourth-order valence-electron chi connectivity index (χ4n) is 8.96. The number of likely N-dealkylation sites (tertiary alicyclic amines) is 1. The van der Waals surface area contributed by atoms with E-state index in [9.17, 15) is 24.9 Å². The van der Waals surface area contributed by atoms with Gasteiger partial charge in [0.15, 0.2) is 11.5 Å². The van der Waals surface area contributed by atoms with Gasteiger partial charge in [-0.05, 0) is 104 Å². The quantitative estimate of drug-likeness (QED) is 0.0451. The first kappa shape index (κ1) is 43.0. The van der Waals surface area contributed by atoms with E-state index in [-0.39, 0.29) is 48.8 Å². The smallest absolute Gasteiger partial charge is 0.261 e. The molecule has 6 rings (SSSR count). The maximum Gasteiger partial charge on any atom is 0.261 e. The number of amides is 2. The average Bonchev–Trinajstić information content (AvgIpc) is 3.80. The van der Waals surface area contributed by atoms with Crippen LogP contribution in [0, 0.1) is 21.3 Å². The zero-order valence-corrected chi connectivity index (χ0v) is 37.4. The minimum atomic E-state index is -3.03. The van der Waals surface area contributed by atoms with Crippen molar-refractivity contribution >= 4 is 70.5 Å². The van der Waals surface area contributed by atoms with Crippen LogP contribution in [0.4, 0.5) is 0 Å². The number of hydrogen-bond donors (Lipinski definition) is 3. The van der Waals surface area contributed by atoms with Crippen LogP contribution < -0.4 is 15.1 Å². The van der Waals surface area contributed by atoms with Gasteiger partial charge in [0, 0.05) is 10.8 Å². The first-order valence-electron chi connectivity index (χ1n) is 19.7. The van der Waals surface area contributed by atoms with Crippen molar-refractivity contribution in [1.29, 1.82) is 0 Å². The van der Waals surface area contributed by atoms with Crippen molar-refractivity contribution in [3.05, 3.63) is 121 Å². The molecule has 1 aliphatic heterocycles. The second kappa shape index (κ2) is 18.5. The number of aromatic hydroxyl groups is 1. The number of allylic oxidation sites excluding steroid dienone is 1. The molecular weight excluding hydrogens is 866 g/mol. The van der Waals surface area contributed by atoms with E-state index < -0.39 is 32.2 Å². The van der Waals surface area contributed by atoms with Crippen molar-refractivity contribution in [3.63, 3.8) is 0 Å². The molecule has 0 radical (unpaired) electrons. The third-order valence-electron chi connectivity index (χ3n) is 11.6. The van der Waals surface area contributed by atoms with Gasteiger partial charge in [-0.2, -0.15) is 0 Å². The lowest BCUT2D eigenvalue weighted by Gasteiger charge is -2.44. The molecule has 2 amide bonds. The van der Waals surface area contributed by atoms with Gasteiger partial charge in [0.05, 0.1) is 48.4 Å². The van der Waals surface area contributed by atoms with Crippen molar-refractivity contribution < 1.29 is 34.1 Å². The molecule has 57 heavy (non-hydrogen) atoms. The van der Waals surface area contributed by atoms with Gasteiger partial charge in [-0.15, -0.1) is 11.3 Å². The van der Waals surface area contributed by atoms with E-state index in [1.807, 2.05) is 60.0 Å². The van der Waals surface area contributed by atoms with Gasteiger partial charge in [0.2, 0.25) is 11.8 Å². The molecule has 1 saturated heterocycles. The summed E-state index contributed by atoms with van der Waals surface area (Å²) >= 11 is 3.59. The number of phenols is 1. The Balaban J connectivity index is 1.41. The first-order chi connectivity index (χ1) is 27.3. The molecule has 11 heteroatoms. The Bertz CT molecular complexity index is 2040. The third kappa shape index (κ3) is 8.89. The van der Waals surface area contributed by atoms with Crippen LogP contribution in [0.15, 0.2) is 107 Å². The van der Waals surface area contributed by atoms with Gasteiger partial charge in [-0.1, -0.05) is 112 Å². The van der Waals surface area contributed by atoms with E-state index in [4.69, 9.17) is 9.16 Å². The zero-order valence-electron chi connectivity index (χ0n) is 33.4. The molecule has 8 nitrogen and oxygen atoms in total. The highest BCUT2D eigenvalue weighted by Gasteiger charge is 2.56. The summed E-state index contributed by atoms with van der Waals surface area (Å²) in [5, 5.41) is 37.8. The number of carbonyl (C=O) groups excluding carboxylic acids is 2. The number of ether oxygens (including phenoxy) is 1. The molecule has 302 valence electrons. The van der Waals surface area contributed by atoms with Crippen molar-refractivity contribution in [2.24, 2.45) is 17.8 Å². The number of halogens is 1. The number of fused-ring (bicyclic) bond motifs is 1. The molecule has 4 aromatic rings. The number of phenolic OH excluding ortho intramolecular Hbond substituents is 1. The van der Waals surface area contributed by atoms with Crippen molar-refractivity contribution in [3.8, 4) is 11.5 Å². The average molecular weight is 920 g/mol. The van der Waals surface area contributed by atoms with Crippen LogP contribution in [0.1, 0.15) is 70.2 Å². The monoisotopic (exact) mass is 919 g/mol. The summed E-state index contributed by atoms with van der Waals surface area (Å²) in [6.45, 7) is 8.71. The third-order valence-corrected chi connectivity index (χ3v) is 18.2. The molecule has 1 aliphatic carbocycles. The Morgan fingerprint density at radius 1 is 1.00 bits per heavy atom.